The van der Waals surface area contributed by atoms with E-state index in [0.717, 1.165) is 17.9 Å². The number of allylic oxidation sites excluding steroid dienone is 3. The van der Waals surface area contributed by atoms with Crippen molar-refractivity contribution in [2.75, 3.05) is 7.11 Å². The lowest BCUT2D eigenvalue weighted by Crippen LogP contribution is -1.97. The standard InChI is InChI=1S/C15H26O2/c1-12(2)9-10-13(3)7-6-8-14(4)11-15(16)17-5/h6,8,11-13H,7,9-10H2,1-5H3. The van der Waals surface area contributed by atoms with Crippen molar-refractivity contribution in [3.8, 4) is 0 Å². The highest BCUT2D eigenvalue weighted by molar-refractivity contribution is 5.83. The smallest absolute Gasteiger partial charge is 0.330 e. The highest BCUT2D eigenvalue weighted by atomic mass is 16.5. The number of ether oxygens (including phenoxy) is 1. The van der Waals surface area contributed by atoms with Crippen LogP contribution in [0.25, 0.3) is 0 Å². The van der Waals surface area contributed by atoms with Gasteiger partial charge in [-0.1, -0.05) is 45.8 Å². The van der Waals surface area contributed by atoms with Crippen molar-refractivity contribution in [2.24, 2.45) is 11.8 Å². The highest BCUT2D eigenvalue weighted by Gasteiger charge is 2.01. The van der Waals surface area contributed by atoms with Gasteiger partial charge in [0.2, 0.25) is 0 Å². The first-order valence-corrected chi connectivity index (χ1v) is 6.38. The second kappa shape index (κ2) is 9.03. The van der Waals surface area contributed by atoms with Crippen molar-refractivity contribution < 1.29 is 9.53 Å². The van der Waals surface area contributed by atoms with E-state index in [1.165, 1.54) is 26.0 Å². The minimum absolute atomic E-state index is 0.292. The molecule has 0 saturated carbocycles. The zero-order valence-corrected chi connectivity index (χ0v) is 11.8. The van der Waals surface area contributed by atoms with Gasteiger partial charge in [-0.15, -0.1) is 0 Å². The van der Waals surface area contributed by atoms with Crippen LogP contribution >= 0.6 is 0 Å². The molecule has 17 heavy (non-hydrogen) atoms. The largest absolute Gasteiger partial charge is 0.466 e. The van der Waals surface area contributed by atoms with E-state index in [1.807, 2.05) is 13.0 Å². The van der Waals surface area contributed by atoms with Crippen molar-refractivity contribution in [2.45, 2.75) is 47.0 Å². The molecule has 0 aliphatic rings. The maximum absolute atomic E-state index is 11.0. The van der Waals surface area contributed by atoms with Gasteiger partial charge in [0, 0.05) is 6.08 Å². The molecule has 0 bridgehead atoms. The number of carbonyl (C=O) groups is 1. The molecule has 2 nitrogen and oxygen atoms in total. The second-order valence-corrected chi connectivity index (χ2v) is 5.13. The first-order valence-electron chi connectivity index (χ1n) is 6.38. The number of rotatable bonds is 7. The van der Waals surface area contributed by atoms with Crippen molar-refractivity contribution in [3.63, 3.8) is 0 Å². The van der Waals surface area contributed by atoms with E-state index in [0.29, 0.717) is 5.92 Å². The van der Waals surface area contributed by atoms with Gasteiger partial charge in [-0.05, 0) is 30.8 Å². The van der Waals surface area contributed by atoms with Crippen LogP contribution < -0.4 is 0 Å². The van der Waals surface area contributed by atoms with Crippen LogP contribution in [0.2, 0.25) is 0 Å². The van der Waals surface area contributed by atoms with Gasteiger partial charge in [-0.3, -0.25) is 0 Å². The number of carbonyl (C=O) groups excluding carboxylic acids is 1. The highest BCUT2D eigenvalue weighted by Crippen LogP contribution is 2.15. The summed E-state index contributed by atoms with van der Waals surface area (Å²) < 4.78 is 4.56. The maximum atomic E-state index is 11.0. The van der Waals surface area contributed by atoms with Crippen LogP contribution in [0.15, 0.2) is 23.8 Å². The Bertz CT molecular complexity index is 275. The summed E-state index contributed by atoms with van der Waals surface area (Å²) in [5.74, 6) is 1.20. The molecule has 1 unspecified atom stereocenters. The fraction of sp³-hybridized carbons (Fsp3) is 0.667. The summed E-state index contributed by atoms with van der Waals surface area (Å²) in [5.41, 5.74) is 0.938. The summed E-state index contributed by atoms with van der Waals surface area (Å²) in [7, 11) is 1.39. The summed E-state index contributed by atoms with van der Waals surface area (Å²) in [4.78, 5) is 11.0. The lowest BCUT2D eigenvalue weighted by molar-refractivity contribution is -0.134. The molecular formula is C15H26O2. The molecule has 0 aromatic heterocycles. The average Bonchev–Trinajstić information content (AvgIpc) is 2.26. The topological polar surface area (TPSA) is 26.3 Å². The molecule has 0 heterocycles. The third-order valence-corrected chi connectivity index (χ3v) is 2.70. The van der Waals surface area contributed by atoms with E-state index in [9.17, 15) is 4.79 Å². The maximum Gasteiger partial charge on any atom is 0.330 e. The van der Waals surface area contributed by atoms with Gasteiger partial charge in [0.25, 0.3) is 0 Å². The number of methoxy groups -OCH3 is 1. The minimum Gasteiger partial charge on any atom is -0.466 e. The molecule has 0 saturated heterocycles. The second-order valence-electron chi connectivity index (χ2n) is 5.13. The predicted molar refractivity (Wildman–Crippen MR) is 72.8 cm³/mol. The Morgan fingerprint density at radius 1 is 1.24 bits per heavy atom. The van der Waals surface area contributed by atoms with Crippen molar-refractivity contribution in [1.29, 1.82) is 0 Å². The van der Waals surface area contributed by atoms with E-state index >= 15 is 0 Å². The Kier molecular flexibility index (Phi) is 8.47. The third-order valence-electron chi connectivity index (χ3n) is 2.70. The molecule has 0 spiro atoms. The minimum atomic E-state index is -0.292. The number of hydrogen-bond acceptors (Lipinski definition) is 2. The molecule has 0 N–H and O–H groups in total. The summed E-state index contributed by atoms with van der Waals surface area (Å²) >= 11 is 0. The molecular weight excluding hydrogens is 212 g/mol. The van der Waals surface area contributed by atoms with Crippen LogP contribution in [-0.4, -0.2) is 13.1 Å². The molecule has 0 radical (unpaired) electrons. The van der Waals surface area contributed by atoms with E-state index in [-0.39, 0.29) is 5.97 Å². The van der Waals surface area contributed by atoms with E-state index in [4.69, 9.17) is 0 Å². The van der Waals surface area contributed by atoms with E-state index in [1.54, 1.807) is 0 Å². The molecule has 0 fully saturated rings. The molecule has 0 aromatic carbocycles. The molecule has 0 aromatic rings. The zero-order chi connectivity index (χ0) is 13.3. The molecule has 0 rings (SSSR count). The fourth-order valence-corrected chi connectivity index (χ4v) is 1.51. The first-order chi connectivity index (χ1) is 7.95. The molecule has 1 atom stereocenters. The monoisotopic (exact) mass is 238 g/mol. The van der Waals surface area contributed by atoms with Crippen molar-refractivity contribution >= 4 is 5.97 Å². The van der Waals surface area contributed by atoms with Crippen molar-refractivity contribution in [1.82, 2.24) is 0 Å². The van der Waals surface area contributed by atoms with Gasteiger partial charge in [0.05, 0.1) is 7.11 Å². The SMILES string of the molecule is COC(=O)C=C(C)C=CCC(C)CCC(C)C. The van der Waals surface area contributed by atoms with Gasteiger partial charge < -0.3 is 4.74 Å². The Morgan fingerprint density at radius 3 is 2.41 bits per heavy atom. The lowest BCUT2D eigenvalue weighted by Gasteiger charge is -2.10. The van der Waals surface area contributed by atoms with Crippen LogP contribution in [0.4, 0.5) is 0 Å². The van der Waals surface area contributed by atoms with Gasteiger partial charge in [-0.2, -0.15) is 0 Å². The molecule has 98 valence electrons. The Labute approximate surface area is 106 Å². The Hall–Kier alpha value is -1.05. The summed E-state index contributed by atoms with van der Waals surface area (Å²) in [6, 6.07) is 0. The summed E-state index contributed by atoms with van der Waals surface area (Å²) in [5, 5.41) is 0. The molecule has 0 aliphatic heterocycles. The van der Waals surface area contributed by atoms with Crippen LogP contribution in [0.1, 0.15) is 47.0 Å². The third kappa shape index (κ3) is 9.86. The quantitative estimate of drug-likeness (QED) is 0.379. The molecule has 0 aliphatic carbocycles. The summed E-state index contributed by atoms with van der Waals surface area (Å²) in [6.45, 7) is 8.69. The lowest BCUT2D eigenvalue weighted by atomic mass is 9.96. The van der Waals surface area contributed by atoms with Crippen LogP contribution in [0.5, 0.6) is 0 Å². The molecule has 2 heteroatoms. The average molecular weight is 238 g/mol. The van der Waals surface area contributed by atoms with E-state index in [2.05, 4.69) is 31.6 Å². The predicted octanol–water partition coefficient (Wildman–Crippen LogP) is 4.12. The van der Waals surface area contributed by atoms with Crippen LogP contribution in [-0.2, 0) is 9.53 Å². The van der Waals surface area contributed by atoms with E-state index < -0.39 is 0 Å². The number of esters is 1. The normalized spacial score (nSPS) is 14.4. The first kappa shape index (κ1) is 16.0. The van der Waals surface area contributed by atoms with Gasteiger partial charge in [0.1, 0.15) is 0 Å². The number of hydrogen-bond donors (Lipinski definition) is 0. The Balaban J connectivity index is 3.93. The van der Waals surface area contributed by atoms with Crippen molar-refractivity contribution in [3.05, 3.63) is 23.8 Å². The van der Waals surface area contributed by atoms with Crippen LogP contribution in [0.3, 0.4) is 0 Å². The zero-order valence-electron chi connectivity index (χ0n) is 11.8. The molecule has 0 amide bonds. The Morgan fingerprint density at radius 2 is 1.88 bits per heavy atom. The van der Waals surface area contributed by atoms with Gasteiger partial charge >= 0.3 is 5.97 Å². The van der Waals surface area contributed by atoms with Gasteiger partial charge in [-0.25, -0.2) is 4.79 Å². The fourth-order valence-electron chi connectivity index (χ4n) is 1.51. The summed E-state index contributed by atoms with van der Waals surface area (Å²) in [6.07, 6.45) is 9.25. The van der Waals surface area contributed by atoms with Crippen LogP contribution in [0, 0.1) is 11.8 Å². The van der Waals surface area contributed by atoms with Gasteiger partial charge in [0.15, 0.2) is 0 Å².